The SMILES string of the molecule is COCc1cc(Nc2nc3cccnc3s2)nc(NC2CCN(C(=O)/C=C/CN(C)C)CC2)n1. The largest absolute Gasteiger partial charge is 0.378 e. The van der Waals surface area contributed by atoms with Gasteiger partial charge in [-0.3, -0.25) is 4.79 Å². The molecule has 34 heavy (non-hydrogen) atoms. The number of fused-ring (bicyclic) bond motifs is 1. The number of ether oxygens (including phenoxy) is 1. The van der Waals surface area contributed by atoms with Crippen molar-refractivity contribution in [3.05, 3.63) is 42.2 Å². The van der Waals surface area contributed by atoms with Gasteiger partial charge in [-0.25, -0.2) is 15.0 Å². The Morgan fingerprint density at radius 1 is 1.29 bits per heavy atom. The van der Waals surface area contributed by atoms with Crippen LogP contribution in [0.3, 0.4) is 0 Å². The molecule has 0 radical (unpaired) electrons. The average Bonchev–Trinajstić information content (AvgIpc) is 3.21. The van der Waals surface area contributed by atoms with Crippen LogP contribution in [0.15, 0.2) is 36.5 Å². The number of anilines is 3. The van der Waals surface area contributed by atoms with Gasteiger partial charge in [0.15, 0.2) is 5.13 Å². The molecule has 0 unspecified atom stereocenters. The second kappa shape index (κ2) is 11.3. The normalized spacial score (nSPS) is 14.9. The van der Waals surface area contributed by atoms with Gasteiger partial charge in [0.1, 0.15) is 16.2 Å². The summed E-state index contributed by atoms with van der Waals surface area (Å²) in [5.41, 5.74) is 1.61. The summed E-state index contributed by atoms with van der Waals surface area (Å²) >= 11 is 1.47. The summed E-state index contributed by atoms with van der Waals surface area (Å²) in [6.07, 6.45) is 6.99. The molecule has 1 fully saturated rings. The number of carbonyl (C=O) groups excluding carboxylic acids is 1. The third-order valence-electron chi connectivity index (χ3n) is 5.34. The van der Waals surface area contributed by atoms with Crippen LogP contribution < -0.4 is 10.6 Å². The Hall–Kier alpha value is -3.15. The van der Waals surface area contributed by atoms with Gasteiger partial charge in [-0.2, -0.15) is 4.98 Å². The van der Waals surface area contributed by atoms with Gasteiger partial charge in [0, 0.05) is 51.1 Å². The number of pyridine rings is 1. The van der Waals surface area contributed by atoms with Crippen LogP contribution in [0.2, 0.25) is 0 Å². The van der Waals surface area contributed by atoms with Crippen molar-refractivity contribution >= 4 is 44.5 Å². The first-order valence-electron chi connectivity index (χ1n) is 11.2. The first-order chi connectivity index (χ1) is 16.5. The fraction of sp³-hybridized carbons (Fsp3) is 0.435. The minimum Gasteiger partial charge on any atom is -0.378 e. The topological polar surface area (TPSA) is 108 Å². The van der Waals surface area contributed by atoms with Crippen LogP contribution in [0.25, 0.3) is 10.3 Å². The van der Waals surface area contributed by atoms with E-state index in [0.717, 1.165) is 40.6 Å². The lowest BCUT2D eigenvalue weighted by Crippen LogP contribution is -2.42. The number of rotatable bonds is 9. The van der Waals surface area contributed by atoms with Gasteiger partial charge < -0.3 is 25.2 Å². The first kappa shape index (κ1) is 24.0. The Morgan fingerprint density at radius 3 is 2.85 bits per heavy atom. The zero-order valence-electron chi connectivity index (χ0n) is 19.7. The molecule has 0 spiro atoms. The molecule has 1 saturated heterocycles. The maximum Gasteiger partial charge on any atom is 0.246 e. The van der Waals surface area contributed by atoms with Crippen LogP contribution >= 0.6 is 11.3 Å². The highest BCUT2D eigenvalue weighted by atomic mass is 32.1. The average molecular weight is 483 g/mol. The van der Waals surface area contributed by atoms with E-state index in [1.807, 2.05) is 48.2 Å². The highest BCUT2D eigenvalue weighted by Gasteiger charge is 2.22. The smallest absolute Gasteiger partial charge is 0.246 e. The zero-order valence-corrected chi connectivity index (χ0v) is 20.5. The number of amides is 1. The van der Waals surface area contributed by atoms with Crippen molar-refractivity contribution in [3.8, 4) is 0 Å². The molecule has 2 N–H and O–H groups in total. The molecule has 0 bridgehead atoms. The Bertz CT molecular complexity index is 1110. The lowest BCUT2D eigenvalue weighted by Gasteiger charge is -2.31. The monoisotopic (exact) mass is 482 g/mol. The number of hydrogen-bond acceptors (Lipinski definition) is 10. The molecule has 180 valence electrons. The predicted molar refractivity (Wildman–Crippen MR) is 134 cm³/mol. The van der Waals surface area contributed by atoms with E-state index in [4.69, 9.17) is 4.74 Å². The fourth-order valence-electron chi connectivity index (χ4n) is 3.68. The highest BCUT2D eigenvalue weighted by molar-refractivity contribution is 7.21. The number of thiazole rings is 1. The molecule has 0 aliphatic carbocycles. The molecule has 11 heteroatoms. The maximum atomic E-state index is 12.4. The second-order valence-corrected chi connectivity index (χ2v) is 9.36. The van der Waals surface area contributed by atoms with Crippen LogP contribution in [0, 0.1) is 0 Å². The predicted octanol–water partition coefficient (Wildman–Crippen LogP) is 2.89. The molecule has 0 saturated carbocycles. The quantitative estimate of drug-likeness (QED) is 0.445. The van der Waals surface area contributed by atoms with Gasteiger partial charge in [-0.05, 0) is 39.1 Å². The molecule has 4 heterocycles. The number of piperidine rings is 1. The summed E-state index contributed by atoms with van der Waals surface area (Å²) in [5, 5.41) is 7.43. The van der Waals surface area contributed by atoms with E-state index in [2.05, 4.69) is 30.6 Å². The van der Waals surface area contributed by atoms with Gasteiger partial charge >= 0.3 is 0 Å². The van der Waals surface area contributed by atoms with Crippen LogP contribution in [0.5, 0.6) is 0 Å². The summed E-state index contributed by atoms with van der Waals surface area (Å²) in [7, 11) is 5.60. The number of nitrogens with one attached hydrogen (secondary N) is 2. The van der Waals surface area contributed by atoms with Crippen molar-refractivity contribution in [2.45, 2.75) is 25.5 Å². The lowest BCUT2D eigenvalue weighted by molar-refractivity contribution is -0.126. The standard InChI is InChI=1S/C23H30N8O2S/c1-30(2)11-5-7-20(32)31-12-8-16(9-13-31)25-22-26-17(15-33-3)14-19(28-22)29-23-27-18-6-4-10-24-21(18)34-23/h4-7,10,14,16H,8-9,11-13,15H2,1-3H3,(H2,25,26,27,28,29)/b7-5+. The number of methoxy groups -OCH3 is 1. The molecule has 0 aromatic carbocycles. The molecule has 1 amide bonds. The van der Waals surface area contributed by atoms with Crippen molar-refractivity contribution < 1.29 is 9.53 Å². The second-order valence-electron chi connectivity index (χ2n) is 8.38. The summed E-state index contributed by atoms with van der Waals surface area (Å²) in [5.74, 6) is 1.24. The molecule has 0 atom stereocenters. The van der Waals surface area contributed by atoms with Crippen LogP contribution in [0.4, 0.5) is 16.9 Å². The molecular formula is C23H30N8O2S. The van der Waals surface area contributed by atoms with Crippen LogP contribution in [-0.2, 0) is 16.1 Å². The van der Waals surface area contributed by atoms with Gasteiger partial charge in [0.05, 0.1) is 12.3 Å². The zero-order chi connectivity index (χ0) is 23.9. The molecule has 1 aliphatic heterocycles. The Balaban J connectivity index is 1.39. The minimum absolute atomic E-state index is 0.0652. The molecule has 1 aliphatic rings. The number of likely N-dealkylation sites (tertiary alicyclic amines) is 1. The number of aromatic nitrogens is 4. The summed E-state index contributed by atoms with van der Waals surface area (Å²) in [6.45, 7) is 2.52. The van der Waals surface area contributed by atoms with E-state index >= 15 is 0 Å². The number of carbonyl (C=O) groups is 1. The first-order valence-corrected chi connectivity index (χ1v) is 12.0. The van der Waals surface area contributed by atoms with E-state index in [1.165, 1.54) is 11.3 Å². The summed E-state index contributed by atoms with van der Waals surface area (Å²) in [6, 6.07) is 5.85. The van der Waals surface area contributed by atoms with E-state index in [0.29, 0.717) is 31.5 Å². The fourth-order valence-corrected chi connectivity index (χ4v) is 4.49. The van der Waals surface area contributed by atoms with E-state index in [-0.39, 0.29) is 11.9 Å². The third-order valence-corrected chi connectivity index (χ3v) is 6.24. The number of likely N-dealkylation sites (N-methyl/N-ethyl adjacent to an activating group) is 1. The van der Waals surface area contributed by atoms with Gasteiger partial charge in [0.25, 0.3) is 0 Å². The van der Waals surface area contributed by atoms with Crippen molar-refractivity contribution in [1.82, 2.24) is 29.7 Å². The number of hydrogen-bond donors (Lipinski definition) is 2. The van der Waals surface area contributed by atoms with Crippen molar-refractivity contribution in [2.75, 3.05) is 51.5 Å². The highest BCUT2D eigenvalue weighted by Crippen LogP contribution is 2.27. The van der Waals surface area contributed by atoms with E-state index in [9.17, 15) is 4.79 Å². The van der Waals surface area contributed by atoms with Crippen molar-refractivity contribution in [2.24, 2.45) is 0 Å². The van der Waals surface area contributed by atoms with Gasteiger partial charge in [-0.1, -0.05) is 17.4 Å². The van der Waals surface area contributed by atoms with Crippen LogP contribution in [0.1, 0.15) is 18.5 Å². The summed E-state index contributed by atoms with van der Waals surface area (Å²) in [4.78, 5) is 35.3. The van der Waals surface area contributed by atoms with Crippen LogP contribution in [-0.4, -0.2) is 82.5 Å². The molecule has 10 nitrogen and oxygen atoms in total. The number of nitrogens with zero attached hydrogens (tertiary/aromatic N) is 6. The van der Waals surface area contributed by atoms with Crippen molar-refractivity contribution in [3.63, 3.8) is 0 Å². The Labute approximate surface area is 203 Å². The Kier molecular flexibility index (Phi) is 7.99. The molecule has 3 aromatic heterocycles. The van der Waals surface area contributed by atoms with E-state index < -0.39 is 0 Å². The maximum absolute atomic E-state index is 12.4. The molecule has 3 aromatic rings. The molecule has 4 rings (SSSR count). The van der Waals surface area contributed by atoms with E-state index in [1.54, 1.807) is 19.4 Å². The van der Waals surface area contributed by atoms with Crippen molar-refractivity contribution in [1.29, 1.82) is 0 Å². The molecular weight excluding hydrogens is 452 g/mol. The summed E-state index contributed by atoms with van der Waals surface area (Å²) < 4.78 is 5.29. The Morgan fingerprint density at radius 2 is 2.12 bits per heavy atom. The third kappa shape index (κ3) is 6.46. The lowest BCUT2D eigenvalue weighted by atomic mass is 10.1. The van der Waals surface area contributed by atoms with Gasteiger partial charge in [-0.15, -0.1) is 0 Å². The van der Waals surface area contributed by atoms with Gasteiger partial charge in [0.2, 0.25) is 11.9 Å². The minimum atomic E-state index is 0.0652.